The Hall–Kier alpha value is -1.98. The van der Waals surface area contributed by atoms with E-state index in [1.54, 1.807) is 0 Å². The number of hydrogen-bond acceptors (Lipinski definition) is 3. The van der Waals surface area contributed by atoms with Crippen LogP contribution in [-0.4, -0.2) is 16.9 Å². The Kier molecular flexibility index (Phi) is 9.05. The quantitative estimate of drug-likeness (QED) is 0.369. The molecule has 1 aromatic rings. The second-order valence-electron chi connectivity index (χ2n) is 7.74. The van der Waals surface area contributed by atoms with Gasteiger partial charge in [-0.1, -0.05) is 70.4 Å². The van der Waals surface area contributed by atoms with Crippen LogP contribution >= 0.6 is 17.0 Å². The number of carbonyl (C=O) groups excluding carboxylic acids is 1. The minimum Gasteiger partial charge on any atom is -0.326 e. The summed E-state index contributed by atoms with van der Waals surface area (Å²) in [5.41, 5.74) is 5.07. The number of para-hydroxylation sites is 1. The molecule has 156 valence electrons. The zero-order valence-electron chi connectivity index (χ0n) is 17.6. The maximum Gasteiger partial charge on any atom is 0.224 e. The Labute approximate surface area is 184 Å². The van der Waals surface area contributed by atoms with Crippen molar-refractivity contribution in [1.29, 1.82) is 0 Å². The van der Waals surface area contributed by atoms with Gasteiger partial charge in [-0.05, 0) is 24.1 Å². The zero-order chi connectivity index (χ0) is 19.9. The molecule has 5 heteroatoms. The van der Waals surface area contributed by atoms with Crippen LogP contribution in [0.1, 0.15) is 58.4 Å². The zero-order valence-corrected chi connectivity index (χ0v) is 19.3. The van der Waals surface area contributed by atoms with Crippen molar-refractivity contribution in [2.24, 2.45) is 0 Å². The van der Waals surface area contributed by atoms with Crippen LogP contribution in [0.4, 0.5) is 5.69 Å². The highest BCUT2D eigenvalue weighted by atomic mass is 79.9. The third-order valence-electron chi connectivity index (χ3n) is 4.99. The molecule has 0 fully saturated rings. The van der Waals surface area contributed by atoms with E-state index in [2.05, 4.69) is 55.7 Å². The molecule has 2 aliphatic rings. The first-order valence-electron chi connectivity index (χ1n) is 10.4. The van der Waals surface area contributed by atoms with E-state index < -0.39 is 0 Å². The van der Waals surface area contributed by atoms with Crippen LogP contribution in [0.2, 0.25) is 0 Å². The summed E-state index contributed by atoms with van der Waals surface area (Å²) < 4.78 is 0. The fourth-order valence-corrected chi connectivity index (χ4v) is 3.46. The van der Waals surface area contributed by atoms with Crippen LogP contribution in [0.5, 0.6) is 0 Å². The molecular weight excluding hydrogens is 426 g/mol. The van der Waals surface area contributed by atoms with Crippen LogP contribution < -0.4 is 10.6 Å². The van der Waals surface area contributed by atoms with Crippen LogP contribution in [0.25, 0.3) is 22.2 Å². The topological polar surface area (TPSA) is 54.0 Å². The molecule has 0 saturated heterocycles. The summed E-state index contributed by atoms with van der Waals surface area (Å²) >= 11 is 0. The van der Waals surface area contributed by atoms with Gasteiger partial charge in [0.15, 0.2) is 0 Å². The van der Waals surface area contributed by atoms with E-state index >= 15 is 0 Å². The maximum absolute atomic E-state index is 12.2. The normalized spacial score (nSPS) is 11.0. The first-order chi connectivity index (χ1) is 13.6. The van der Waals surface area contributed by atoms with Crippen molar-refractivity contribution in [3.8, 4) is 11.3 Å². The molecule has 29 heavy (non-hydrogen) atoms. The minimum absolute atomic E-state index is 0. The van der Waals surface area contributed by atoms with Gasteiger partial charge in [0.2, 0.25) is 5.91 Å². The lowest BCUT2D eigenvalue weighted by Crippen LogP contribution is -2.21. The standard InChI is InChI=1S/C24H31N3O.BrH/c1-4-5-6-7-14-23(28)26-19-11-9-12-20-21-13-8-10-18(16-25-17(2)3)24(21)27-22(20)15-19;/h8-13,15,17,25H,4-7,14,16H2,1-3H3,(H,26,28);1H. The lowest BCUT2D eigenvalue weighted by molar-refractivity contribution is -0.116. The fourth-order valence-electron chi connectivity index (χ4n) is 3.46. The van der Waals surface area contributed by atoms with Gasteiger partial charge in [0, 0.05) is 35.6 Å². The number of unbranched alkanes of at least 4 members (excludes halogenated alkanes) is 3. The SMILES string of the molecule is Br.CCCCCCC(=O)Nc1cccc2c3cccc(CNC(C)C)c3nc-2c1. The first kappa shape index (κ1) is 23.3. The molecule has 1 heterocycles. The molecule has 0 atom stereocenters. The van der Waals surface area contributed by atoms with E-state index in [0.29, 0.717) is 12.5 Å². The number of anilines is 1. The molecule has 1 aliphatic heterocycles. The predicted octanol–water partition coefficient (Wildman–Crippen LogP) is 6.32. The molecule has 0 unspecified atom stereocenters. The third-order valence-corrected chi connectivity index (χ3v) is 4.99. The lowest BCUT2D eigenvalue weighted by atomic mass is 10.1. The molecule has 2 N–H and O–H groups in total. The fraction of sp³-hybridized carbons (Fsp3) is 0.417. The summed E-state index contributed by atoms with van der Waals surface area (Å²) in [7, 11) is 0. The van der Waals surface area contributed by atoms with Gasteiger partial charge in [0.05, 0.1) is 11.2 Å². The molecular formula is C24H32BrN3O. The van der Waals surface area contributed by atoms with E-state index in [4.69, 9.17) is 4.98 Å². The minimum atomic E-state index is 0. The van der Waals surface area contributed by atoms with Crippen molar-refractivity contribution in [1.82, 2.24) is 10.3 Å². The highest BCUT2D eigenvalue weighted by molar-refractivity contribution is 8.93. The first-order valence-corrected chi connectivity index (χ1v) is 10.4. The highest BCUT2D eigenvalue weighted by Crippen LogP contribution is 2.33. The predicted molar refractivity (Wildman–Crippen MR) is 128 cm³/mol. The monoisotopic (exact) mass is 457 g/mol. The van der Waals surface area contributed by atoms with Gasteiger partial charge in [0.1, 0.15) is 0 Å². The van der Waals surface area contributed by atoms with Crippen molar-refractivity contribution >= 4 is 39.5 Å². The molecule has 0 saturated carbocycles. The lowest BCUT2D eigenvalue weighted by Gasteiger charge is -2.08. The number of carbonyl (C=O) groups is 1. The van der Waals surface area contributed by atoms with Gasteiger partial charge in [-0.2, -0.15) is 0 Å². The Morgan fingerprint density at radius 3 is 2.62 bits per heavy atom. The maximum atomic E-state index is 12.2. The van der Waals surface area contributed by atoms with E-state index in [1.807, 2.05) is 18.2 Å². The molecule has 1 amide bonds. The summed E-state index contributed by atoms with van der Waals surface area (Å²) in [6.45, 7) is 7.26. The Morgan fingerprint density at radius 2 is 1.86 bits per heavy atom. The molecule has 0 aromatic heterocycles. The summed E-state index contributed by atoms with van der Waals surface area (Å²) in [5.74, 6) is 0.0772. The van der Waals surface area contributed by atoms with Gasteiger partial charge in [0.25, 0.3) is 0 Å². The third kappa shape index (κ3) is 6.25. The average molecular weight is 458 g/mol. The Morgan fingerprint density at radius 1 is 1.07 bits per heavy atom. The van der Waals surface area contributed by atoms with E-state index in [0.717, 1.165) is 47.2 Å². The summed E-state index contributed by atoms with van der Waals surface area (Å²) in [4.78, 5) is 17.1. The van der Waals surface area contributed by atoms with Crippen molar-refractivity contribution in [3.63, 3.8) is 0 Å². The van der Waals surface area contributed by atoms with Gasteiger partial charge < -0.3 is 10.6 Å². The van der Waals surface area contributed by atoms with Crippen molar-refractivity contribution in [3.05, 3.63) is 48.0 Å². The smallest absolute Gasteiger partial charge is 0.224 e. The van der Waals surface area contributed by atoms with Gasteiger partial charge in [-0.3, -0.25) is 4.79 Å². The van der Waals surface area contributed by atoms with Crippen molar-refractivity contribution in [2.75, 3.05) is 5.32 Å². The molecule has 1 aromatic carbocycles. The number of nitrogens with one attached hydrogen (secondary N) is 2. The number of aromatic nitrogens is 1. The van der Waals surface area contributed by atoms with E-state index in [-0.39, 0.29) is 22.9 Å². The van der Waals surface area contributed by atoms with Crippen LogP contribution in [0.3, 0.4) is 0 Å². The number of halogens is 1. The Bertz CT molecular complexity index is 910. The van der Waals surface area contributed by atoms with Crippen LogP contribution in [-0.2, 0) is 11.3 Å². The van der Waals surface area contributed by atoms with E-state index in [9.17, 15) is 4.79 Å². The molecule has 3 rings (SSSR count). The number of amides is 1. The number of nitrogens with zero attached hydrogens (tertiary/aromatic N) is 1. The Balaban J connectivity index is 0.00000300. The molecule has 0 radical (unpaired) electrons. The number of hydrogen-bond donors (Lipinski definition) is 2. The number of fused-ring (bicyclic) bond motifs is 3. The van der Waals surface area contributed by atoms with Crippen LogP contribution in [0.15, 0.2) is 42.5 Å². The number of rotatable bonds is 9. The van der Waals surface area contributed by atoms with Crippen molar-refractivity contribution < 1.29 is 4.79 Å². The molecule has 0 spiro atoms. The van der Waals surface area contributed by atoms with Gasteiger partial charge >= 0.3 is 0 Å². The van der Waals surface area contributed by atoms with Crippen molar-refractivity contribution in [2.45, 2.75) is 65.5 Å². The average Bonchev–Trinajstić information content (AvgIpc) is 2.89. The molecule has 4 nitrogen and oxygen atoms in total. The van der Waals surface area contributed by atoms with Crippen LogP contribution in [0, 0.1) is 0 Å². The summed E-state index contributed by atoms with van der Waals surface area (Å²) in [5, 5.41) is 7.67. The largest absolute Gasteiger partial charge is 0.326 e. The second-order valence-corrected chi connectivity index (χ2v) is 7.74. The second kappa shape index (κ2) is 11.3. The highest BCUT2D eigenvalue weighted by Gasteiger charge is 2.14. The van der Waals surface area contributed by atoms with E-state index in [1.165, 1.54) is 18.4 Å². The molecule has 0 bridgehead atoms. The summed E-state index contributed by atoms with van der Waals surface area (Å²) in [6.07, 6.45) is 4.99. The molecule has 1 aliphatic carbocycles. The van der Waals surface area contributed by atoms with Gasteiger partial charge in [-0.15, -0.1) is 17.0 Å². The number of benzene rings is 1. The van der Waals surface area contributed by atoms with Gasteiger partial charge in [-0.25, -0.2) is 4.98 Å². The summed E-state index contributed by atoms with van der Waals surface area (Å²) in [6, 6.07) is 14.8.